The Morgan fingerprint density at radius 3 is 2.54 bits per heavy atom. The van der Waals surface area contributed by atoms with Gasteiger partial charge < -0.3 is 20.1 Å². The lowest BCUT2D eigenvalue weighted by Crippen LogP contribution is -2.54. The van der Waals surface area contributed by atoms with Crippen molar-refractivity contribution in [1.82, 2.24) is 5.32 Å². The fourth-order valence-electron chi connectivity index (χ4n) is 3.67. The van der Waals surface area contributed by atoms with Crippen molar-refractivity contribution in [1.29, 1.82) is 0 Å². The number of carboxylic acid groups (broad SMARTS) is 1. The van der Waals surface area contributed by atoms with Crippen molar-refractivity contribution in [2.75, 3.05) is 18.1 Å². The van der Waals surface area contributed by atoms with Crippen LogP contribution in [-0.4, -0.2) is 41.6 Å². The first-order chi connectivity index (χ1) is 12.5. The fourth-order valence-corrected chi connectivity index (χ4v) is 3.67. The summed E-state index contributed by atoms with van der Waals surface area (Å²) in [5.74, 6) is -0.913. The molecule has 0 spiro atoms. The van der Waals surface area contributed by atoms with E-state index < -0.39 is 11.5 Å². The van der Waals surface area contributed by atoms with E-state index in [1.807, 2.05) is 6.07 Å². The van der Waals surface area contributed by atoms with Crippen molar-refractivity contribution < 1.29 is 24.2 Å². The topological polar surface area (TPSA) is 95.9 Å². The zero-order valence-corrected chi connectivity index (χ0v) is 14.7. The number of rotatable bonds is 5. The first-order valence-corrected chi connectivity index (χ1v) is 9.08. The van der Waals surface area contributed by atoms with Gasteiger partial charge in [0.05, 0.1) is 5.69 Å². The standard InChI is InChI=1S/C19H24N2O5/c22-16(20-19(18(24)25)10-5-1-2-6-11-19)9-12-21-14-7-3-4-8-15(14)26-13-17(21)23/h3-4,7-8H,1-2,5-6,9-13H2,(H,20,22)(H,24,25). The van der Waals surface area contributed by atoms with Gasteiger partial charge in [-0.25, -0.2) is 4.79 Å². The normalized spacial score (nSPS) is 19.1. The van der Waals surface area contributed by atoms with Gasteiger partial charge in [-0.3, -0.25) is 9.59 Å². The van der Waals surface area contributed by atoms with Crippen molar-refractivity contribution in [2.24, 2.45) is 0 Å². The maximum atomic E-state index is 12.5. The van der Waals surface area contributed by atoms with E-state index in [9.17, 15) is 19.5 Å². The Bertz CT molecular complexity index is 695. The second kappa shape index (κ2) is 7.76. The molecule has 1 saturated carbocycles. The lowest BCUT2D eigenvalue weighted by molar-refractivity contribution is -0.148. The van der Waals surface area contributed by atoms with Crippen LogP contribution in [0.1, 0.15) is 44.9 Å². The largest absolute Gasteiger partial charge is 0.482 e. The number of hydrogen-bond donors (Lipinski definition) is 2. The van der Waals surface area contributed by atoms with E-state index in [1.54, 1.807) is 18.2 Å². The van der Waals surface area contributed by atoms with Crippen LogP contribution in [0.3, 0.4) is 0 Å². The number of carboxylic acids is 1. The third-order valence-corrected chi connectivity index (χ3v) is 5.12. The lowest BCUT2D eigenvalue weighted by Gasteiger charge is -2.31. The first-order valence-electron chi connectivity index (χ1n) is 9.08. The molecule has 0 aromatic heterocycles. The Kier molecular flexibility index (Phi) is 5.44. The summed E-state index contributed by atoms with van der Waals surface area (Å²) >= 11 is 0. The minimum Gasteiger partial charge on any atom is -0.482 e. The van der Waals surface area contributed by atoms with Gasteiger partial charge in [0, 0.05) is 13.0 Å². The second-order valence-electron chi connectivity index (χ2n) is 6.90. The van der Waals surface area contributed by atoms with Gasteiger partial charge in [-0.05, 0) is 25.0 Å². The number of nitrogens with zero attached hydrogens (tertiary/aromatic N) is 1. The third-order valence-electron chi connectivity index (χ3n) is 5.12. The van der Waals surface area contributed by atoms with Gasteiger partial charge in [0.1, 0.15) is 11.3 Å². The maximum Gasteiger partial charge on any atom is 0.329 e. The molecule has 7 heteroatoms. The predicted molar refractivity (Wildman–Crippen MR) is 95.1 cm³/mol. The molecular formula is C19H24N2O5. The number of nitrogens with one attached hydrogen (secondary N) is 1. The van der Waals surface area contributed by atoms with Gasteiger partial charge >= 0.3 is 5.97 Å². The zero-order valence-electron chi connectivity index (χ0n) is 14.7. The van der Waals surface area contributed by atoms with E-state index in [4.69, 9.17) is 4.74 Å². The molecular weight excluding hydrogens is 336 g/mol. The Morgan fingerprint density at radius 1 is 1.15 bits per heavy atom. The summed E-state index contributed by atoms with van der Waals surface area (Å²) in [4.78, 5) is 37.9. The van der Waals surface area contributed by atoms with E-state index in [0.717, 1.165) is 25.7 Å². The van der Waals surface area contributed by atoms with Crippen LogP contribution in [0.4, 0.5) is 5.69 Å². The van der Waals surface area contributed by atoms with Gasteiger partial charge in [-0.15, -0.1) is 0 Å². The number of carbonyl (C=O) groups is 3. The Balaban J connectivity index is 1.65. The number of aliphatic carboxylic acids is 1. The van der Waals surface area contributed by atoms with E-state index in [0.29, 0.717) is 24.3 Å². The van der Waals surface area contributed by atoms with E-state index in [1.165, 1.54) is 4.90 Å². The Labute approximate surface area is 152 Å². The molecule has 7 nitrogen and oxygen atoms in total. The maximum absolute atomic E-state index is 12.5. The molecule has 1 aliphatic heterocycles. The molecule has 3 rings (SSSR count). The van der Waals surface area contributed by atoms with Crippen LogP contribution in [0.2, 0.25) is 0 Å². The summed E-state index contributed by atoms with van der Waals surface area (Å²) in [6.45, 7) is 0.137. The Hall–Kier alpha value is -2.57. The van der Waals surface area contributed by atoms with Crippen LogP contribution in [0.25, 0.3) is 0 Å². The molecule has 0 atom stereocenters. The minimum absolute atomic E-state index is 0.0507. The lowest BCUT2D eigenvalue weighted by atomic mass is 9.90. The van der Waals surface area contributed by atoms with Gasteiger partial charge in [-0.1, -0.05) is 37.8 Å². The van der Waals surface area contributed by atoms with Crippen LogP contribution >= 0.6 is 0 Å². The zero-order chi connectivity index (χ0) is 18.6. The number of carbonyl (C=O) groups excluding carboxylic acids is 2. The van der Waals surface area contributed by atoms with Gasteiger partial charge in [-0.2, -0.15) is 0 Å². The number of amides is 2. The molecule has 2 aliphatic rings. The number of para-hydroxylation sites is 2. The molecule has 1 aromatic rings. The number of hydrogen-bond acceptors (Lipinski definition) is 4. The number of anilines is 1. The first kappa shape index (κ1) is 18.2. The summed E-state index contributed by atoms with van der Waals surface area (Å²) in [5, 5.41) is 12.4. The molecule has 1 fully saturated rings. The third kappa shape index (κ3) is 3.81. The van der Waals surface area contributed by atoms with Crippen LogP contribution in [0.5, 0.6) is 5.75 Å². The SMILES string of the molecule is O=C(CCN1C(=O)COc2ccccc21)NC1(C(=O)O)CCCCCC1. The molecule has 1 aliphatic carbocycles. The second-order valence-corrected chi connectivity index (χ2v) is 6.90. The quantitative estimate of drug-likeness (QED) is 0.784. The van der Waals surface area contributed by atoms with Crippen LogP contribution < -0.4 is 15.0 Å². The van der Waals surface area contributed by atoms with Crippen LogP contribution in [-0.2, 0) is 14.4 Å². The molecule has 0 radical (unpaired) electrons. The molecule has 140 valence electrons. The highest BCUT2D eigenvalue weighted by molar-refractivity contribution is 5.98. The summed E-state index contributed by atoms with van der Waals surface area (Å²) in [7, 11) is 0. The van der Waals surface area contributed by atoms with Gasteiger partial charge in [0.25, 0.3) is 5.91 Å². The highest BCUT2D eigenvalue weighted by atomic mass is 16.5. The highest BCUT2D eigenvalue weighted by Gasteiger charge is 2.40. The fraction of sp³-hybridized carbons (Fsp3) is 0.526. The smallest absolute Gasteiger partial charge is 0.329 e. The van der Waals surface area contributed by atoms with Crippen molar-refractivity contribution in [3.05, 3.63) is 24.3 Å². The molecule has 26 heavy (non-hydrogen) atoms. The molecule has 0 saturated heterocycles. The Morgan fingerprint density at radius 2 is 1.85 bits per heavy atom. The predicted octanol–water partition coefficient (Wildman–Crippen LogP) is 2.10. The van der Waals surface area contributed by atoms with Gasteiger partial charge in [0.2, 0.25) is 5.91 Å². The monoisotopic (exact) mass is 360 g/mol. The van der Waals surface area contributed by atoms with Crippen molar-refractivity contribution in [3.8, 4) is 5.75 Å². The average molecular weight is 360 g/mol. The highest BCUT2D eigenvalue weighted by Crippen LogP contribution is 2.32. The van der Waals surface area contributed by atoms with Crippen molar-refractivity contribution >= 4 is 23.5 Å². The molecule has 0 bridgehead atoms. The number of fused-ring (bicyclic) bond motifs is 1. The molecule has 0 unspecified atom stereocenters. The number of benzene rings is 1. The summed E-state index contributed by atoms with van der Waals surface area (Å²) in [5.41, 5.74) is -0.542. The van der Waals surface area contributed by atoms with Gasteiger partial charge in [0.15, 0.2) is 6.61 Å². The van der Waals surface area contributed by atoms with Crippen LogP contribution in [0.15, 0.2) is 24.3 Å². The summed E-state index contributed by atoms with van der Waals surface area (Å²) in [6.07, 6.45) is 4.52. The average Bonchev–Trinajstić information content (AvgIpc) is 2.87. The van der Waals surface area contributed by atoms with E-state index in [2.05, 4.69) is 5.32 Å². The molecule has 2 amide bonds. The number of ether oxygens (including phenoxy) is 1. The van der Waals surface area contributed by atoms with Crippen LogP contribution in [0, 0.1) is 0 Å². The van der Waals surface area contributed by atoms with Crippen molar-refractivity contribution in [3.63, 3.8) is 0 Å². The minimum atomic E-state index is -1.18. The van der Waals surface area contributed by atoms with E-state index >= 15 is 0 Å². The molecule has 2 N–H and O–H groups in total. The molecule has 1 aromatic carbocycles. The van der Waals surface area contributed by atoms with Crippen molar-refractivity contribution in [2.45, 2.75) is 50.5 Å². The van der Waals surface area contributed by atoms with E-state index in [-0.39, 0.29) is 31.4 Å². The molecule has 1 heterocycles. The summed E-state index contributed by atoms with van der Waals surface area (Å²) < 4.78 is 5.39. The summed E-state index contributed by atoms with van der Waals surface area (Å²) in [6, 6.07) is 7.18.